The van der Waals surface area contributed by atoms with Gasteiger partial charge < -0.3 is 4.57 Å². The number of hydrogen-bond donors (Lipinski definition) is 0. The van der Waals surface area contributed by atoms with Crippen LogP contribution in [0.4, 0.5) is 5.69 Å². The van der Waals surface area contributed by atoms with Gasteiger partial charge in [-0.25, -0.2) is 0 Å². The molecule has 0 N–H and O–H groups in total. The number of rotatable bonds is 2. The van der Waals surface area contributed by atoms with Gasteiger partial charge in [0.1, 0.15) is 0 Å². The molecule has 1 atom stereocenters. The second kappa shape index (κ2) is 3.73. The molecule has 4 heteroatoms. The van der Waals surface area contributed by atoms with Crippen molar-refractivity contribution in [3.63, 3.8) is 0 Å². The molecule has 0 aliphatic carbocycles. The fourth-order valence-electron chi connectivity index (χ4n) is 2.63. The summed E-state index contributed by atoms with van der Waals surface area (Å²) < 4.78 is 2.17. The zero-order valence-corrected chi connectivity index (χ0v) is 9.24. The number of benzene rings is 1. The van der Waals surface area contributed by atoms with Gasteiger partial charge in [0.25, 0.3) is 5.69 Å². The van der Waals surface area contributed by atoms with Gasteiger partial charge in [-0.3, -0.25) is 10.1 Å². The summed E-state index contributed by atoms with van der Waals surface area (Å²) in [5.41, 5.74) is 2.24. The van der Waals surface area contributed by atoms with Crippen molar-refractivity contribution in [3.8, 4) is 0 Å². The van der Waals surface area contributed by atoms with Crippen molar-refractivity contribution in [2.75, 3.05) is 0 Å². The molecule has 2 heterocycles. The lowest BCUT2D eigenvalue weighted by molar-refractivity contribution is -0.385. The molecule has 1 unspecified atom stereocenters. The van der Waals surface area contributed by atoms with Crippen molar-refractivity contribution in [2.24, 2.45) is 0 Å². The van der Waals surface area contributed by atoms with E-state index in [-0.39, 0.29) is 16.5 Å². The molecule has 3 rings (SSSR count). The lowest BCUT2D eigenvalue weighted by Crippen LogP contribution is -2.01. The number of nitro groups is 1. The van der Waals surface area contributed by atoms with Crippen molar-refractivity contribution < 1.29 is 4.92 Å². The van der Waals surface area contributed by atoms with Crippen LogP contribution in [0.25, 0.3) is 0 Å². The first-order valence-electron chi connectivity index (χ1n) is 5.66. The van der Waals surface area contributed by atoms with Gasteiger partial charge in [-0.1, -0.05) is 18.2 Å². The first-order valence-corrected chi connectivity index (χ1v) is 5.66. The predicted molar refractivity (Wildman–Crippen MR) is 64.0 cm³/mol. The van der Waals surface area contributed by atoms with Crippen LogP contribution in [-0.4, -0.2) is 9.49 Å². The number of hydrogen-bond acceptors (Lipinski definition) is 2. The van der Waals surface area contributed by atoms with Crippen LogP contribution in [0.2, 0.25) is 0 Å². The van der Waals surface area contributed by atoms with Crippen molar-refractivity contribution in [1.82, 2.24) is 4.57 Å². The van der Waals surface area contributed by atoms with E-state index in [2.05, 4.69) is 4.57 Å². The summed E-state index contributed by atoms with van der Waals surface area (Å²) in [7, 11) is 0. The number of aryl methyl sites for hydroxylation is 1. The third kappa shape index (κ3) is 1.53. The fraction of sp³-hybridized carbons (Fsp3) is 0.231. The van der Waals surface area contributed by atoms with Crippen molar-refractivity contribution in [2.45, 2.75) is 18.9 Å². The summed E-state index contributed by atoms with van der Waals surface area (Å²) in [6.45, 7) is 0.944. The van der Waals surface area contributed by atoms with Gasteiger partial charge in [0.15, 0.2) is 0 Å². The number of fused-ring (bicyclic) bond motifs is 1. The van der Waals surface area contributed by atoms with Crippen LogP contribution in [0.15, 0.2) is 42.6 Å². The monoisotopic (exact) mass is 228 g/mol. The highest BCUT2D eigenvalue weighted by Crippen LogP contribution is 2.38. The average Bonchev–Trinajstić information content (AvgIpc) is 2.90. The summed E-state index contributed by atoms with van der Waals surface area (Å²) in [6, 6.07) is 11.1. The lowest BCUT2D eigenvalue weighted by Gasteiger charge is -2.09. The highest BCUT2D eigenvalue weighted by Gasteiger charge is 2.28. The Kier molecular flexibility index (Phi) is 2.21. The van der Waals surface area contributed by atoms with Gasteiger partial charge in [0, 0.05) is 36.0 Å². The van der Waals surface area contributed by atoms with Crippen LogP contribution in [-0.2, 0) is 6.54 Å². The van der Waals surface area contributed by atoms with Crippen molar-refractivity contribution in [1.29, 1.82) is 0 Å². The second-order valence-electron chi connectivity index (χ2n) is 4.28. The van der Waals surface area contributed by atoms with E-state index < -0.39 is 0 Å². The largest absolute Gasteiger partial charge is 0.351 e. The predicted octanol–water partition coefficient (Wildman–Crippen LogP) is 2.93. The highest BCUT2D eigenvalue weighted by molar-refractivity contribution is 5.46. The molecule has 0 amide bonds. The highest BCUT2D eigenvalue weighted by atomic mass is 16.6. The quantitative estimate of drug-likeness (QED) is 0.586. The maximum absolute atomic E-state index is 11.0. The maximum atomic E-state index is 11.0. The van der Waals surface area contributed by atoms with Gasteiger partial charge >= 0.3 is 0 Å². The van der Waals surface area contributed by atoms with Crippen LogP contribution in [0.1, 0.15) is 23.6 Å². The molecule has 0 fully saturated rings. The molecule has 1 aliphatic heterocycles. The summed E-state index contributed by atoms with van der Waals surface area (Å²) in [5, 5.41) is 11.0. The molecule has 4 nitrogen and oxygen atoms in total. The maximum Gasteiger partial charge on any atom is 0.273 e. The molecule has 0 saturated heterocycles. The Hall–Kier alpha value is -2.10. The molecule has 17 heavy (non-hydrogen) atoms. The Bertz CT molecular complexity index is 574. The van der Waals surface area contributed by atoms with E-state index in [0.717, 1.165) is 18.5 Å². The summed E-state index contributed by atoms with van der Waals surface area (Å²) in [6.07, 6.45) is 2.98. The smallest absolute Gasteiger partial charge is 0.273 e. The minimum Gasteiger partial charge on any atom is -0.351 e. The normalized spacial score (nSPS) is 18.0. The van der Waals surface area contributed by atoms with Crippen molar-refractivity contribution >= 4 is 5.69 Å². The van der Waals surface area contributed by atoms with Crippen LogP contribution in [0.3, 0.4) is 0 Å². The standard InChI is InChI=1S/C13H12N2O2/c16-15(17)13-5-2-1-4-10(13)11-7-9-14-8-3-6-12(11)14/h1-6,8,11H,7,9H2. The molecule has 0 saturated carbocycles. The number of nitrogens with zero attached hydrogens (tertiary/aromatic N) is 2. The zero-order chi connectivity index (χ0) is 11.8. The van der Waals surface area contributed by atoms with E-state index in [0.29, 0.717) is 0 Å². The molecule has 86 valence electrons. The molecule has 0 spiro atoms. The van der Waals surface area contributed by atoms with Crippen LogP contribution < -0.4 is 0 Å². The Balaban J connectivity index is 2.10. The SMILES string of the molecule is O=[N+]([O-])c1ccccc1C1CCn2cccc21. The zero-order valence-electron chi connectivity index (χ0n) is 9.24. The molecule has 2 aromatic rings. The minimum atomic E-state index is -0.291. The molecule has 0 bridgehead atoms. The van der Waals surface area contributed by atoms with Gasteiger partial charge in [-0.2, -0.15) is 0 Å². The van der Waals surface area contributed by atoms with Gasteiger partial charge in [0.05, 0.1) is 4.92 Å². The van der Waals surface area contributed by atoms with Crippen LogP contribution in [0, 0.1) is 10.1 Å². The first kappa shape index (κ1) is 10.1. The summed E-state index contributed by atoms with van der Waals surface area (Å²) >= 11 is 0. The molecule has 1 aliphatic rings. The van der Waals surface area contributed by atoms with E-state index in [9.17, 15) is 10.1 Å². The number of aromatic nitrogens is 1. The Morgan fingerprint density at radius 2 is 2.06 bits per heavy atom. The number of para-hydroxylation sites is 1. The number of nitro benzene ring substituents is 1. The van der Waals surface area contributed by atoms with E-state index >= 15 is 0 Å². The Morgan fingerprint density at radius 3 is 2.88 bits per heavy atom. The molecular weight excluding hydrogens is 216 g/mol. The van der Waals surface area contributed by atoms with Gasteiger partial charge in [-0.05, 0) is 18.6 Å². The Morgan fingerprint density at radius 1 is 1.24 bits per heavy atom. The van der Waals surface area contributed by atoms with Gasteiger partial charge in [-0.15, -0.1) is 0 Å². The van der Waals surface area contributed by atoms with Crippen molar-refractivity contribution in [3.05, 3.63) is 64.0 Å². The summed E-state index contributed by atoms with van der Waals surface area (Å²) in [5.74, 6) is 0.159. The first-order chi connectivity index (χ1) is 8.27. The van der Waals surface area contributed by atoms with E-state index in [1.54, 1.807) is 12.1 Å². The topological polar surface area (TPSA) is 48.1 Å². The van der Waals surface area contributed by atoms with E-state index in [1.807, 2.05) is 30.5 Å². The molecular formula is C13H12N2O2. The third-order valence-electron chi connectivity index (χ3n) is 3.39. The Labute approximate surface area is 98.6 Å². The van der Waals surface area contributed by atoms with E-state index in [4.69, 9.17) is 0 Å². The second-order valence-corrected chi connectivity index (χ2v) is 4.28. The minimum absolute atomic E-state index is 0.159. The third-order valence-corrected chi connectivity index (χ3v) is 3.39. The molecule has 1 aromatic carbocycles. The molecule has 0 radical (unpaired) electrons. The lowest BCUT2D eigenvalue weighted by atomic mass is 9.93. The fourth-order valence-corrected chi connectivity index (χ4v) is 2.63. The molecule has 1 aromatic heterocycles. The average molecular weight is 228 g/mol. The summed E-state index contributed by atoms with van der Waals surface area (Å²) in [4.78, 5) is 10.7. The van der Waals surface area contributed by atoms with Gasteiger partial charge in [0.2, 0.25) is 0 Å². The van der Waals surface area contributed by atoms with Crippen LogP contribution in [0.5, 0.6) is 0 Å². The van der Waals surface area contributed by atoms with Crippen LogP contribution >= 0.6 is 0 Å². The van der Waals surface area contributed by atoms with E-state index in [1.165, 1.54) is 5.69 Å².